The average Bonchev–Trinajstić information content (AvgIpc) is 1.83. The summed E-state index contributed by atoms with van der Waals surface area (Å²) in [6.45, 7) is 0.889. The molecule has 0 heterocycles. The minimum Gasteiger partial charge on any atom is -0.281 e. The zero-order valence-electron chi connectivity index (χ0n) is 6.78. The summed E-state index contributed by atoms with van der Waals surface area (Å²) >= 11 is 6.37. The Morgan fingerprint density at radius 3 is 2.50 bits per heavy atom. The average molecular weight is 217 g/mol. The van der Waals surface area contributed by atoms with Crippen LogP contribution < -0.4 is 0 Å². The Morgan fingerprint density at radius 2 is 2.08 bits per heavy atom. The first-order chi connectivity index (χ1) is 5.42. The summed E-state index contributed by atoms with van der Waals surface area (Å²) in [6.07, 6.45) is 0.107. The highest BCUT2D eigenvalue weighted by Gasteiger charge is 2.19. The number of thioether (sulfide) groups is 1. The van der Waals surface area contributed by atoms with Gasteiger partial charge in [-0.3, -0.25) is 4.79 Å². The molecule has 0 saturated heterocycles. The molecule has 0 amide bonds. The fraction of sp³-hybridized carbons (Fsp3) is 0.857. The Hall–Kier alpha value is 0.170. The predicted molar refractivity (Wildman–Crippen MR) is 48.0 cm³/mol. The van der Waals surface area contributed by atoms with Crippen molar-refractivity contribution in [2.75, 3.05) is 11.5 Å². The molecule has 0 aromatic rings. The maximum Gasteiger partial charge on any atom is 0.246 e. The Kier molecular flexibility index (Phi) is 5.84. The summed E-state index contributed by atoms with van der Waals surface area (Å²) in [5, 5.41) is -0.411. The Bertz CT molecular complexity index is 147. The van der Waals surface area contributed by atoms with Crippen molar-refractivity contribution in [2.24, 2.45) is 0 Å². The van der Waals surface area contributed by atoms with Gasteiger partial charge < -0.3 is 0 Å². The lowest BCUT2D eigenvalue weighted by Gasteiger charge is -2.08. The normalized spacial score (nSPS) is 11.7. The van der Waals surface area contributed by atoms with Crippen LogP contribution in [0.3, 0.4) is 0 Å². The maximum atomic E-state index is 12.2. The van der Waals surface area contributed by atoms with Gasteiger partial charge in [-0.05, 0) is 24.3 Å². The second kappa shape index (κ2) is 5.75. The van der Waals surface area contributed by atoms with Crippen molar-refractivity contribution in [1.82, 2.24) is 0 Å². The molecule has 5 heteroatoms. The summed E-state index contributed by atoms with van der Waals surface area (Å²) in [5.74, 6) is -1.70. The molecular weight excluding hydrogens is 206 g/mol. The first kappa shape index (κ1) is 12.2. The third kappa shape index (κ3) is 10.2. The molecule has 0 rings (SSSR count). The van der Waals surface area contributed by atoms with E-state index in [0.29, 0.717) is 11.5 Å². The van der Waals surface area contributed by atoms with Gasteiger partial charge in [0.05, 0.1) is 0 Å². The molecular formula is C7H11ClF2OS. The van der Waals surface area contributed by atoms with Gasteiger partial charge in [-0.15, -0.1) is 0 Å². The summed E-state index contributed by atoms with van der Waals surface area (Å²) in [5.41, 5.74) is 0. The van der Waals surface area contributed by atoms with E-state index in [1.54, 1.807) is 0 Å². The zero-order chi connectivity index (χ0) is 9.61. The number of carbonyl (C=O) groups excluding carboxylic acids is 1. The van der Waals surface area contributed by atoms with E-state index in [-0.39, 0.29) is 12.8 Å². The van der Waals surface area contributed by atoms with Gasteiger partial charge in [0.25, 0.3) is 0 Å². The third-order valence-electron chi connectivity index (χ3n) is 1.13. The molecule has 0 aliphatic carbocycles. The number of hydrogen-bond donors (Lipinski definition) is 0. The van der Waals surface area contributed by atoms with Crippen LogP contribution in [0.5, 0.6) is 0 Å². The Morgan fingerprint density at radius 1 is 1.50 bits per heavy atom. The topological polar surface area (TPSA) is 17.1 Å². The molecule has 0 radical (unpaired) electrons. The number of hydrogen-bond acceptors (Lipinski definition) is 2. The van der Waals surface area contributed by atoms with E-state index in [0.717, 1.165) is 6.92 Å². The second-order valence-corrected chi connectivity index (χ2v) is 4.18. The minimum atomic E-state index is -2.60. The fourth-order valence-electron chi connectivity index (χ4n) is 0.506. The molecule has 72 valence electrons. The summed E-state index contributed by atoms with van der Waals surface area (Å²) in [7, 11) is 0. The van der Waals surface area contributed by atoms with E-state index in [4.69, 9.17) is 11.6 Å². The van der Waals surface area contributed by atoms with Crippen molar-refractivity contribution in [3.63, 3.8) is 0 Å². The summed E-state index contributed by atoms with van der Waals surface area (Å²) in [4.78, 5) is 10.2. The summed E-state index contributed by atoms with van der Waals surface area (Å²) in [6, 6.07) is 0. The van der Waals surface area contributed by atoms with E-state index < -0.39 is 11.2 Å². The van der Waals surface area contributed by atoms with E-state index in [1.807, 2.05) is 0 Å². The Labute approximate surface area is 79.8 Å². The SMILES string of the molecule is CC(F)(F)CCSCCC(=O)Cl. The van der Waals surface area contributed by atoms with Gasteiger partial charge in [-0.2, -0.15) is 11.8 Å². The molecule has 0 bridgehead atoms. The molecule has 1 nitrogen and oxygen atoms in total. The lowest BCUT2D eigenvalue weighted by Crippen LogP contribution is -2.10. The fourth-order valence-corrected chi connectivity index (χ4v) is 1.75. The largest absolute Gasteiger partial charge is 0.281 e. The van der Waals surface area contributed by atoms with E-state index in [9.17, 15) is 13.6 Å². The lowest BCUT2D eigenvalue weighted by molar-refractivity contribution is -0.111. The molecule has 0 unspecified atom stereocenters. The summed E-state index contributed by atoms with van der Waals surface area (Å²) < 4.78 is 24.4. The van der Waals surface area contributed by atoms with Crippen LogP contribution in [0, 0.1) is 0 Å². The number of halogens is 3. The van der Waals surface area contributed by atoms with Gasteiger partial charge in [0, 0.05) is 18.6 Å². The molecule has 0 fully saturated rings. The van der Waals surface area contributed by atoms with Crippen LogP contribution in [0.15, 0.2) is 0 Å². The van der Waals surface area contributed by atoms with Gasteiger partial charge >= 0.3 is 0 Å². The number of carbonyl (C=O) groups is 1. The molecule has 0 N–H and O–H groups in total. The number of rotatable bonds is 6. The highest BCUT2D eigenvalue weighted by atomic mass is 35.5. The van der Waals surface area contributed by atoms with E-state index in [2.05, 4.69) is 0 Å². The maximum absolute atomic E-state index is 12.2. The van der Waals surface area contributed by atoms with Crippen LogP contribution in [0.1, 0.15) is 19.8 Å². The molecule has 0 atom stereocenters. The molecule has 12 heavy (non-hydrogen) atoms. The third-order valence-corrected chi connectivity index (χ3v) is 2.30. The quantitative estimate of drug-likeness (QED) is 0.502. The van der Waals surface area contributed by atoms with Crippen LogP contribution in [-0.2, 0) is 4.79 Å². The number of alkyl halides is 2. The monoisotopic (exact) mass is 216 g/mol. The van der Waals surface area contributed by atoms with Gasteiger partial charge in [-0.25, -0.2) is 8.78 Å². The van der Waals surface area contributed by atoms with Crippen molar-refractivity contribution in [3.8, 4) is 0 Å². The smallest absolute Gasteiger partial charge is 0.246 e. The van der Waals surface area contributed by atoms with E-state index in [1.165, 1.54) is 11.8 Å². The first-order valence-corrected chi connectivity index (χ1v) is 5.09. The zero-order valence-corrected chi connectivity index (χ0v) is 8.35. The minimum absolute atomic E-state index is 0.145. The standard InChI is InChI=1S/C7H11ClF2OS/c1-7(9,10)3-5-12-4-2-6(8)11/h2-5H2,1H3. The van der Waals surface area contributed by atoms with Gasteiger partial charge in [0.15, 0.2) is 0 Å². The van der Waals surface area contributed by atoms with Gasteiger partial charge in [0.1, 0.15) is 0 Å². The van der Waals surface area contributed by atoms with Crippen molar-refractivity contribution in [1.29, 1.82) is 0 Å². The molecule has 0 aromatic carbocycles. The molecule has 0 spiro atoms. The van der Waals surface area contributed by atoms with Crippen LogP contribution in [-0.4, -0.2) is 22.7 Å². The molecule has 0 aliphatic rings. The molecule has 0 saturated carbocycles. The van der Waals surface area contributed by atoms with Crippen molar-refractivity contribution in [2.45, 2.75) is 25.7 Å². The Balaban J connectivity index is 3.17. The van der Waals surface area contributed by atoms with Crippen molar-refractivity contribution < 1.29 is 13.6 Å². The van der Waals surface area contributed by atoms with Crippen LogP contribution in [0.4, 0.5) is 8.78 Å². The second-order valence-electron chi connectivity index (χ2n) is 2.54. The highest BCUT2D eigenvalue weighted by molar-refractivity contribution is 7.99. The van der Waals surface area contributed by atoms with Crippen LogP contribution >= 0.6 is 23.4 Å². The van der Waals surface area contributed by atoms with Crippen LogP contribution in [0.25, 0.3) is 0 Å². The molecule has 0 aromatic heterocycles. The van der Waals surface area contributed by atoms with Crippen molar-refractivity contribution in [3.05, 3.63) is 0 Å². The molecule has 0 aliphatic heterocycles. The van der Waals surface area contributed by atoms with Gasteiger partial charge in [0.2, 0.25) is 11.2 Å². The highest BCUT2D eigenvalue weighted by Crippen LogP contribution is 2.19. The first-order valence-electron chi connectivity index (χ1n) is 3.56. The van der Waals surface area contributed by atoms with Crippen molar-refractivity contribution >= 4 is 28.6 Å². The van der Waals surface area contributed by atoms with Crippen LogP contribution in [0.2, 0.25) is 0 Å². The predicted octanol–water partition coefficient (Wildman–Crippen LogP) is 2.92. The van der Waals surface area contributed by atoms with E-state index >= 15 is 0 Å². The van der Waals surface area contributed by atoms with Gasteiger partial charge in [-0.1, -0.05) is 0 Å². The lowest BCUT2D eigenvalue weighted by atomic mass is 10.3.